The number of benzene rings is 2. The molecule has 0 radical (unpaired) electrons. The van der Waals surface area contributed by atoms with E-state index in [0.717, 1.165) is 35.3 Å². The number of hydrogen-bond donors (Lipinski definition) is 0. The van der Waals surface area contributed by atoms with Crippen LogP contribution in [0.4, 0.5) is 0 Å². The van der Waals surface area contributed by atoms with Gasteiger partial charge in [-0.1, -0.05) is 54.2 Å². The predicted octanol–water partition coefficient (Wildman–Crippen LogP) is 4.61. The molecule has 0 atom stereocenters. The molecule has 0 saturated carbocycles. The van der Waals surface area contributed by atoms with E-state index >= 15 is 0 Å². The average Bonchev–Trinajstić information content (AvgIpc) is 2.94. The van der Waals surface area contributed by atoms with Crippen molar-refractivity contribution < 1.29 is 0 Å². The van der Waals surface area contributed by atoms with Gasteiger partial charge in [-0.3, -0.25) is 4.57 Å². The molecular weight excluding hydrogens is 302 g/mol. The van der Waals surface area contributed by atoms with Crippen molar-refractivity contribution in [3.8, 4) is 5.69 Å². The standard InChI is InChI=1S/C19H21N3S/c1-15-9-6-7-10-17(15)11-8-14-23-19-21-20-16(2)22(19)18-12-4-3-5-13-18/h3-7,9-10,12-13H,8,11,14H2,1-2H3. The van der Waals surface area contributed by atoms with Crippen LogP contribution in [0.2, 0.25) is 0 Å². The van der Waals surface area contributed by atoms with Crippen molar-refractivity contribution in [1.29, 1.82) is 0 Å². The lowest BCUT2D eigenvalue weighted by Crippen LogP contribution is -1.99. The van der Waals surface area contributed by atoms with E-state index in [9.17, 15) is 0 Å². The summed E-state index contributed by atoms with van der Waals surface area (Å²) < 4.78 is 2.12. The highest BCUT2D eigenvalue weighted by Gasteiger charge is 2.10. The second-order valence-corrected chi connectivity index (χ2v) is 6.64. The lowest BCUT2D eigenvalue weighted by atomic mass is 10.1. The van der Waals surface area contributed by atoms with E-state index in [2.05, 4.69) is 58.1 Å². The van der Waals surface area contributed by atoms with Gasteiger partial charge in [0.25, 0.3) is 0 Å². The van der Waals surface area contributed by atoms with Crippen molar-refractivity contribution in [2.45, 2.75) is 31.8 Å². The van der Waals surface area contributed by atoms with Crippen LogP contribution in [-0.2, 0) is 6.42 Å². The molecule has 0 aliphatic heterocycles. The van der Waals surface area contributed by atoms with E-state index < -0.39 is 0 Å². The molecule has 0 unspecified atom stereocenters. The van der Waals surface area contributed by atoms with E-state index in [1.54, 1.807) is 11.8 Å². The second-order valence-electron chi connectivity index (χ2n) is 5.58. The molecule has 0 bridgehead atoms. The van der Waals surface area contributed by atoms with Crippen LogP contribution < -0.4 is 0 Å². The van der Waals surface area contributed by atoms with Crippen LogP contribution in [-0.4, -0.2) is 20.5 Å². The lowest BCUT2D eigenvalue weighted by molar-refractivity contribution is 0.860. The maximum Gasteiger partial charge on any atom is 0.195 e. The molecule has 3 rings (SSSR count). The highest BCUT2D eigenvalue weighted by atomic mass is 32.2. The van der Waals surface area contributed by atoms with Crippen molar-refractivity contribution in [2.75, 3.05) is 5.75 Å². The zero-order chi connectivity index (χ0) is 16.1. The Kier molecular flexibility index (Phi) is 5.13. The minimum Gasteiger partial charge on any atom is -0.274 e. The Morgan fingerprint density at radius 2 is 1.65 bits per heavy atom. The molecular formula is C19H21N3S. The van der Waals surface area contributed by atoms with E-state index in [1.165, 1.54) is 11.1 Å². The fourth-order valence-corrected chi connectivity index (χ4v) is 3.56. The monoisotopic (exact) mass is 323 g/mol. The molecule has 2 aromatic carbocycles. The number of thioether (sulfide) groups is 1. The second kappa shape index (κ2) is 7.47. The molecule has 0 amide bonds. The van der Waals surface area contributed by atoms with Gasteiger partial charge in [-0.2, -0.15) is 0 Å². The van der Waals surface area contributed by atoms with E-state index in [-0.39, 0.29) is 0 Å². The van der Waals surface area contributed by atoms with Gasteiger partial charge in [0, 0.05) is 11.4 Å². The number of rotatable bonds is 6. The fourth-order valence-electron chi connectivity index (χ4n) is 2.63. The highest BCUT2D eigenvalue weighted by molar-refractivity contribution is 7.99. The molecule has 0 aliphatic carbocycles. The predicted molar refractivity (Wildman–Crippen MR) is 96.3 cm³/mol. The number of hydrogen-bond acceptors (Lipinski definition) is 3. The van der Waals surface area contributed by atoms with Crippen molar-refractivity contribution >= 4 is 11.8 Å². The third kappa shape index (κ3) is 3.82. The fraction of sp³-hybridized carbons (Fsp3) is 0.263. The molecule has 0 aliphatic rings. The van der Waals surface area contributed by atoms with E-state index in [1.807, 2.05) is 25.1 Å². The Bertz CT molecular complexity index is 765. The topological polar surface area (TPSA) is 30.7 Å². The van der Waals surface area contributed by atoms with Crippen LogP contribution >= 0.6 is 11.8 Å². The van der Waals surface area contributed by atoms with Gasteiger partial charge in [0.2, 0.25) is 0 Å². The molecule has 0 N–H and O–H groups in total. The Morgan fingerprint density at radius 1 is 0.913 bits per heavy atom. The number of aryl methyl sites for hydroxylation is 3. The van der Waals surface area contributed by atoms with Gasteiger partial charge < -0.3 is 0 Å². The Balaban J connectivity index is 1.62. The smallest absolute Gasteiger partial charge is 0.195 e. The number of aromatic nitrogens is 3. The number of nitrogens with zero attached hydrogens (tertiary/aromatic N) is 3. The maximum atomic E-state index is 4.33. The first-order valence-corrected chi connectivity index (χ1v) is 8.89. The highest BCUT2D eigenvalue weighted by Crippen LogP contribution is 2.23. The first-order chi connectivity index (χ1) is 11.3. The van der Waals surface area contributed by atoms with Gasteiger partial charge in [0.1, 0.15) is 5.82 Å². The van der Waals surface area contributed by atoms with Crippen LogP contribution in [0, 0.1) is 13.8 Å². The van der Waals surface area contributed by atoms with Gasteiger partial charge in [0.05, 0.1) is 0 Å². The van der Waals surface area contributed by atoms with Crippen LogP contribution in [0.25, 0.3) is 5.69 Å². The molecule has 118 valence electrons. The minimum absolute atomic E-state index is 0.928. The lowest BCUT2D eigenvalue weighted by Gasteiger charge is -2.08. The summed E-state index contributed by atoms with van der Waals surface area (Å²) in [6.07, 6.45) is 2.24. The summed E-state index contributed by atoms with van der Waals surface area (Å²) in [5, 5.41) is 9.54. The molecule has 1 heterocycles. The molecule has 0 saturated heterocycles. The van der Waals surface area contributed by atoms with Gasteiger partial charge in [-0.05, 0) is 49.9 Å². The third-order valence-corrected chi connectivity index (χ3v) is 4.91. The summed E-state index contributed by atoms with van der Waals surface area (Å²) in [6, 6.07) is 18.9. The first kappa shape index (κ1) is 15.8. The van der Waals surface area contributed by atoms with Crippen LogP contribution in [0.1, 0.15) is 23.4 Å². The molecule has 0 fully saturated rings. The molecule has 4 heteroatoms. The SMILES string of the molecule is Cc1ccccc1CCCSc1nnc(C)n1-c1ccccc1. The van der Waals surface area contributed by atoms with Crippen molar-refractivity contribution in [3.63, 3.8) is 0 Å². The molecule has 23 heavy (non-hydrogen) atoms. The Morgan fingerprint density at radius 3 is 2.43 bits per heavy atom. The molecule has 0 spiro atoms. The maximum absolute atomic E-state index is 4.33. The summed E-state index contributed by atoms with van der Waals surface area (Å²) in [5.74, 6) is 1.97. The zero-order valence-corrected chi connectivity index (χ0v) is 14.4. The third-order valence-electron chi connectivity index (χ3n) is 3.89. The molecule has 3 nitrogen and oxygen atoms in total. The molecule has 1 aromatic heterocycles. The summed E-state index contributed by atoms with van der Waals surface area (Å²) in [7, 11) is 0. The van der Waals surface area contributed by atoms with Gasteiger partial charge in [-0.25, -0.2) is 0 Å². The van der Waals surface area contributed by atoms with E-state index in [4.69, 9.17) is 0 Å². The van der Waals surface area contributed by atoms with Crippen molar-refractivity contribution in [2.24, 2.45) is 0 Å². The Labute approximate surface area is 141 Å². The van der Waals surface area contributed by atoms with Gasteiger partial charge in [-0.15, -0.1) is 10.2 Å². The van der Waals surface area contributed by atoms with Gasteiger partial charge >= 0.3 is 0 Å². The normalized spacial score (nSPS) is 10.9. The summed E-state index contributed by atoms with van der Waals surface area (Å²) >= 11 is 1.78. The summed E-state index contributed by atoms with van der Waals surface area (Å²) in [5.41, 5.74) is 3.94. The largest absolute Gasteiger partial charge is 0.274 e. The Hall–Kier alpha value is -2.07. The van der Waals surface area contributed by atoms with Crippen LogP contribution in [0.3, 0.4) is 0 Å². The number of para-hydroxylation sites is 1. The minimum atomic E-state index is 0.928. The quantitative estimate of drug-likeness (QED) is 0.490. The van der Waals surface area contributed by atoms with Crippen LogP contribution in [0.15, 0.2) is 59.8 Å². The van der Waals surface area contributed by atoms with Gasteiger partial charge in [0.15, 0.2) is 5.16 Å². The van der Waals surface area contributed by atoms with E-state index in [0.29, 0.717) is 0 Å². The zero-order valence-electron chi connectivity index (χ0n) is 13.6. The summed E-state index contributed by atoms with van der Waals surface area (Å²) in [6.45, 7) is 4.18. The van der Waals surface area contributed by atoms with Crippen LogP contribution in [0.5, 0.6) is 0 Å². The summed E-state index contributed by atoms with van der Waals surface area (Å²) in [4.78, 5) is 0. The van der Waals surface area contributed by atoms with Crippen molar-refractivity contribution in [1.82, 2.24) is 14.8 Å². The first-order valence-electron chi connectivity index (χ1n) is 7.90. The van der Waals surface area contributed by atoms with Crippen molar-refractivity contribution in [3.05, 3.63) is 71.5 Å². The molecule has 3 aromatic rings. The average molecular weight is 323 g/mol.